The fourth-order valence-corrected chi connectivity index (χ4v) is 2.18. The molecule has 0 atom stereocenters. The monoisotopic (exact) mass is 264 g/mol. The van der Waals surface area contributed by atoms with Crippen LogP contribution in [0.2, 0.25) is 0 Å². The molecule has 0 saturated carbocycles. The van der Waals surface area contributed by atoms with E-state index >= 15 is 0 Å². The second kappa shape index (κ2) is 4.03. The molecule has 0 aromatic heterocycles. The van der Waals surface area contributed by atoms with Crippen LogP contribution in [0.4, 0.5) is 0 Å². The zero-order chi connectivity index (χ0) is 10.8. The number of alkyl halides is 1. The first kappa shape index (κ1) is 10.2. The van der Waals surface area contributed by atoms with Gasteiger partial charge < -0.3 is 5.11 Å². The maximum atomic E-state index is 11.1. The quantitative estimate of drug-likeness (QED) is 0.844. The molecular weight excluding hydrogens is 256 g/mol. The van der Waals surface area contributed by atoms with E-state index in [9.17, 15) is 4.79 Å². The predicted molar refractivity (Wildman–Crippen MR) is 63.5 cm³/mol. The molecule has 2 rings (SSSR count). The Bertz CT molecular complexity index is 515. The van der Waals surface area contributed by atoms with Gasteiger partial charge in [-0.15, -0.1) is 0 Å². The molecule has 0 spiro atoms. The van der Waals surface area contributed by atoms with Crippen LogP contribution < -0.4 is 0 Å². The second-order valence-corrected chi connectivity index (χ2v) is 3.82. The largest absolute Gasteiger partial charge is 0.478 e. The van der Waals surface area contributed by atoms with E-state index < -0.39 is 5.97 Å². The molecule has 2 aromatic rings. The van der Waals surface area contributed by atoms with Crippen LogP contribution in [0.5, 0.6) is 0 Å². The van der Waals surface area contributed by atoms with E-state index in [1.165, 1.54) is 0 Å². The zero-order valence-electron chi connectivity index (χ0n) is 7.90. The fraction of sp³-hybridized carbons (Fsp3) is 0.0833. The number of hydrogen-bond acceptors (Lipinski definition) is 1. The van der Waals surface area contributed by atoms with Gasteiger partial charge in [0.05, 0.1) is 5.56 Å². The van der Waals surface area contributed by atoms with Gasteiger partial charge in [-0.3, -0.25) is 0 Å². The van der Waals surface area contributed by atoms with Crippen LogP contribution in [-0.2, 0) is 5.33 Å². The molecule has 0 saturated heterocycles. The van der Waals surface area contributed by atoms with E-state index in [1.807, 2.05) is 24.3 Å². The summed E-state index contributed by atoms with van der Waals surface area (Å²) < 4.78 is 0. The van der Waals surface area contributed by atoms with Crippen molar-refractivity contribution < 1.29 is 9.90 Å². The number of carboxylic acid groups (broad SMARTS) is 1. The van der Waals surface area contributed by atoms with Crippen LogP contribution in [0.25, 0.3) is 10.8 Å². The number of halogens is 1. The number of aromatic carboxylic acids is 1. The highest BCUT2D eigenvalue weighted by atomic mass is 79.9. The number of fused-ring (bicyclic) bond motifs is 1. The van der Waals surface area contributed by atoms with Crippen LogP contribution in [0.15, 0.2) is 36.4 Å². The summed E-state index contributed by atoms with van der Waals surface area (Å²) in [5, 5.41) is 11.5. The first-order valence-electron chi connectivity index (χ1n) is 4.54. The van der Waals surface area contributed by atoms with Crippen molar-refractivity contribution in [2.24, 2.45) is 0 Å². The van der Waals surface area contributed by atoms with Gasteiger partial charge in [0.2, 0.25) is 0 Å². The molecule has 0 bridgehead atoms. The van der Waals surface area contributed by atoms with Gasteiger partial charge in [0.25, 0.3) is 0 Å². The van der Waals surface area contributed by atoms with Crippen LogP contribution in [-0.4, -0.2) is 11.1 Å². The predicted octanol–water partition coefficient (Wildman–Crippen LogP) is 3.43. The molecule has 0 heterocycles. The van der Waals surface area contributed by atoms with Gasteiger partial charge in [-0.05, 0) is 17.0 Å². The van der Waals surface area contributed by atoms with Crippen LogP contribution in [0.3, 0.4) is 0 Å². The Hall–Kier alpha value is -1.35. The summed E-state index contributed by atoms with van der Waals surface area (Å²) in [6.07, 6.45) is 0. The van der Waals surface area contributed by atoms with Crippen LogP contribution in [0.1, 0.15) is 15.9 Å². The van der Waals surface area contributed by atoms with Crippen molar-refractivity contribution in [1.29, 1.82) is 0 Å². The average Bonchev–Trinajstić information content (AvgIpc) is 2.27. The number of hydrogen-bond donors (Lipinski definition) is 1. The molecule has 2 nitrogen and oxygen atoms in total. The summed E-state index contributed by atoms with van der Waals surface area (Å²) in [7, 11) is 0. The topological polar surface area (TPSA) is 37.3 Å². The molecule has 76 valence electrons. The molecule has 0 aliphatic heterocycles. The summed E-state index contributed by atoms with van der Waals surface area (Å²) in [5.41, 5.74) is 1.37. The van der Waals surface area contributed by atoms with E-state index in [0.717, 1.165) is 16.3 Å². The van der Waals surface area contributed by atoms with Gasteiger partial charge in [0.1, 0.15) is 0 Å². The Morgan fingerprint density at radius 1 is 1.20 bits per heavy atom. The summed E-state index contributed by atoms with van der Waals surface area (Å²) >= 11 is 3.37. The maximum absolute atomic E-state index is 11.1. The molecule has 15 heavy (non-hydrogen) atoms. The Labute approximate surface area is 95.7 Å². The Morgan fingerprint density at radius 2 is 1.87 bits per heavy atom. The molecule has 0 amide bonds. The Morgan fingerprint density at radius 3 is 2.47 bits per heavy atom. The molecule has 0 fully saturated rings. The van der Waals surface area contributed by atoms with Crippen molar-refractivity contribution in [2.45, 2.75) is 5.33 Å². The highest BCUT2D eigenvalue weighted by molar-refractivity contribution is 9.08. The van der Waals surface area contributed by atoms with Crippen molar-refractivity contribution >= 4 is 32.7 Å². The Kier molecular flexibility index (Phi) is 2.73. The summed E-state index contributed by atoms with van der Waals surface area (Å²) in [6, 6.07) is 11.1. The third kappa shape index (κ3) is 1.75. The lowest BCUT2D eigenvalue weighted by Crippen LogP contribution is -1.98. The summed E-state index contributed by atoms with van der Waals surface area (Å²) in [4.78, 5) is 11.1. The summed E-state index contributed by atoms with van der Waals surface area (Å²) in [6.45, 7) is 0. The number of rotatable bonds is 2. The van der Waals surface area contributed by atoms with Crippen molar-refractivity contribution in [3.8, 4) is 0 Å². The second-order valence-electron chi connectivity index (χ2n) is 3.26. The van der Waals surface area contributed by atoms with E-state index in [2.05, 4.69) is 15.9 Å². The first-order valence-corrected chi connectivity index (χ1v) is 5.66. The van der Waals surface area contributed by atoms with Crippen molar-refractivity contribution in [1.82, 2.24) is 0 Å². The minimum Gasteiger partial charge on any atom is -0.478 e. The lowest BCUT2D eigenvalue weighted by molar-refractivity contribution is 0.0699. The molecule has 1 N–H and O–H groups in total. The van der Waals surface area contributed by atoms with Crippen LogP contribution in [0, 0.1) is 0 Å². The third-order valence-corrected chi connectivity index (χ3v) is 2.97. The van der Waals surface area contributed by atoms with Gasteiger partial charge in [0.15, 0.2) is 0 Å². The van der Waals surface area contributed by atoms with E-state index in [0.29, 0.717) is 10.9 Å². The lowest BCUT2D eigenvalue weighted by Gasteiger charge is -2.06. The molecule has 0 radical (unpaired) electrons. The average molecular weight is 265 g/mol. The molecule has 0 unspecified atom stereocenters. The molecule has 0 aliphatic carbocycles. The molecule has 2 aromatic carbocycles. The number of carboxylic acids is 1. The fourth-order valence-electron chi connectivity index (χ4n) is 1.71. The van der Waals surface area contributed by atoms with Crippen molar-refractivity contribution in [3.63, 3.8) is 0 Å². The van der Waals surface area contributed by atoms with Gasteiger partial charge in [0, 0.05) is 10.7 Å². The van der Waals surface area contributed by atoms with Gasteiger partial charge in [-0.2, -0.15) is 0 Å². The highest BCUT2D eigenvalue weighted by Gasteiger charge is 2.10. The number of benzene rings is 2. The standard InChI is InChI=1S/C12H9BrO2/c13-7-9-5-1-3-8-4-2-6-10(11(8)9)12(14)15/h1-6H,7H2,(H,14,15). The first-order chi connectivity index (χ1) is 7.24. The van der Waals surface area contributed by atoms with Crippen molar-refractivity contribution in [2.75, 3.05) is 0 Å². The lowest BCUT2D eigenvalue weighted by atomic mass is 10.0. The van der Waals surface area contributed by atoms with Crippen LogP contribution >= 0.6 is 15.9 Å². The smallest absolute Gasteiger partial charge is 0.336 e. The van der Waals surface area contributed by atoms with E-state index in [-0.39, 0.29) is 0 Å². The van der Waals surface area contributed by atoms with Gasteiger partial charge in [-0.1, -0.05) is 46.3 Å². The molecular formula is C12H9BrO2. The van der Waals surface area contributed by atoms with E-state index in [4.69, 9.17) is 5.11 Å². The minimum absolute atomic E-state index is 0.363. The SMILES string of the molecule is O=C(O)c1cccc2cccc(CBr)c12. The van der Waals surface area contributed by atoms with Gasteiger partial charge >= 0.3 is 5.97 Å². The molecule has 0 aliphatic rings. The Balaban J connectivity index is 2.87. The molecule has 3 heteroatoms. The minimum atomic E-state index is -0.881. The zero-order valence-corrected chi connectivity index (χ0v) is 9.49. The summed E-state index contributed by atoms with van der Waals surface area (Å²) in [5.74, 6) is -0.881. The van der Waals surface area contributed by atoms with Crippen molar-refractivity contribution in [3.05, 3.63) is 47.5 Å². The third-order valence-electron chi connectivity index (χ3n) is 2.37. The van der Waals surface area contributed by atoms with E-state index in [1.54, 1.807) is 12.1 Å². The normalized spacial score (nSPS) is 10.5. The highest BCUT2D eigenvalue weighted by Crippen LogP contribution is 2.24. The van der Waals surface area contributed by atoms with Gasteiger partial charge in [-0.25, -0.2) is 4.79 Å². The maximum Gasteiger partial charge on any atom is 0.336 e. The number of carbonyl (C=O) groups is 1.